The first-order chi connectivity index (χ1) is 7.59. The van der Waals surface area contributed by atoms with Crippen molar-refractivity contribution in [1.82, 2.24) is 0 Å². The molecule has 0 heterocycles. The number of benzene rings is 1. The summed E-state index contributed by atoms with van der Waals surface area (Å²) in [5.41, 5.74) is 0.847. The quantitative estimate of drug-likeness (QED) is 0.649. The molecule has 0 amide bonds. The number of ketones is 1. The fourth-order valence-electron chi connectivity index (χ4n) is 2.07. The van der Waals surface area contributed by atoms with Gasteiger partial charge in [-0.15, -0.1) is 0 Å². The molecular formula is C15H22O. The van der Waals surface area contributed by atoms with E-state index in [1.807, 2.05) is 30.3 Å². The molecule has 0 bridgehead atoms. The van der Waals surface area contributed by atoms with Crippen LogP contribution in [0.2, 0.25) is 0 Å². The Bertz CT molecular complexity index is 313. The van der Waals surface area contributed by atoms with Crippen molar-refractivity contribution in [1.29, 1.82) is 0 Å². The van der Waals surface area contributed by atoms with Gasteiger partial charge >= 0.3 is 0 Å². The molecular weight excluding hydrogens is 196 g/mol. The molecule has 0 aliphatic carbocycles. The first-order valence-corrected chi connectivity index (χ1v) is 6.18. The van der Waals surface area contributed by atoms with E-state index in [1.54, 1.807) is 0 Å². The number of carbonyl (C=O) groups excluding carboxylic acids is 1. The van der Waals surface area contributed by atoms with E-state index in [0.29, 0.717) is 12.3 Å². The number of hydrogen-bond acceptors (Lipinski definition) is 1. The summed E-state index contributed by atoms with van der Waals surface area (Å²) in [7, 11) is 0. The van der Waals surface area contributed by atoms with E-state index in [2.05, 4.69) is 20.8 Å². The summed E-state index contributed by atoms with van der Waals surface area (Å²) in [4.78, 5) is 11.8. The highest BCUT2D eigenvalue weighted by Gasteiger charge is 2.09. The van der Waals surface area contributed by atoms with Crippen molar-refractivity contribution in [2.45, 2.75) is 40.0 Å². The summed E-state index contributed by atoms with van der Waals surface area (Å²) in [6, 6.07) is 9.58. The molecule has 1 heteroatoms. The molecule has 0 radical (unpaired) electrons. The maximum Gasteiger partial charge on any atom is 0.162 e. The van der Waals surface area contributed by atoms with Gasteiger partial charge in [-0.05, 0) is 24.7 Å². The van der Waals surface area contributed by atoms with Gasteiger partial charge in [0.25, 0.3) is 0 Å². The van der Waals surface area contributed by atoms with Gasteiger partial charge in [0.1, 0.15) is 0 Å². The zero-order valence-corrected chi connectivity index (χ0v) is 10.6. The predicted octanol–water partition coefficient (Wildman–Crippen LogP) is 4.33. The molecule has 0 aromatic heterocycles. The Hall–Kier alpha value is -1.11. The first-order valence-electron chi connectivity index (χ1n) is 6.18. The zero-order valence-electron chi connectivity index (χ0n) is 10.6. The fourth-order valence-corrected chi connectivity index (χ4v) is 2.07. The van der Waals surface area contributed by atoms with Crippen LogP contribution in [-0.4, -0.2) is 5.78 Å². The molecule has 0 saturated carbocycles. The van der Waals surface area contributed by atoms with E-state index in [9.17, 15) is 4.79 Å². The second kappa shape index (κ2) is 6.47. The maximum absolute atomic E-state index is 11.8. The zero-order chi connectivity index (χ0) is 12.0. The Morgan fingerprint density at radius 1 is 1.12 bits per heavy atom. The molecule has 0 spiro atoms. The molecule has 0 aliphatic heterocycles. The second-order valence-corrected chi connectivity index (χ2v) is 5.06. The smallest absolute Gasteiger partial charge is 0.162 e. The lowest BCUT2D eigenvalue weighted by atomic mass is 9.93. The van der Waals surface area contributed by atoms with Crippen LogP contribution in [0.15, 0.2) is 30.3 Å². The third-order valence-electron chi connectivity index (χ3n) is 2.83. The highest BCUT2D eigenvalue weighted by Crippen LogP contribution is 2.17. The van der Waals surface area contributed by atoms with Gasteiger partial charge in [-0.2, -0.15) is 0 Å². The van der Waals surface area contributed by atoms with E-state index in [4.69, 9.17) is 0 Å². The second-order valence-electron chi connectivity index (χ2n) is 5.06. The van der Waals surface area contributed by atoms with Crippen LogP contribution in [-0.2, 0) is 0 Å². The highest BCUT2D eigenvalue weighted by atomic mass is 16.1. The Kier molecular flexibility index (Phi) is 5.24. The van der Waals surface area contributed by atoms with Gasteiger partial charge < -0.3 is 0 Å². The molecule has 0 fully saturated rings. The molecule has 0 N–H and O–H groups in total. The number of Topliss-reactive ketones (excluding diaryl/α,β-unsaturated/α-hetero) is 1. The van der Waals surface area contributed by atoms with Crippen molar-refractivity contribution in [2.75, 3.05) is 0 Å². The summed E-state index contributed by atoms with van der Waals surface area (Å²) in [5.74, 6) is 1.64. The van der Waals surface area contributed by atoms with Crippen LogP contribution >= 0.6 is 0 Å². The fraction of sp³-hybridized carbons (Fsp3) is 0.533. The molecule has 1 aromatic carbocycles. The summed E-state index contributed by atoms with van der Waals surface area (Å²) in [6.45, 7) is 6.70. The minimum Gasteiger partial charge on any atom is -0.294 e. The lowest BCUT2D eigenvalue weighted by molar-refractivity contribution is 0.0973. The van der Waals surface area contributed by atoms with Crippen molar-refractivity contribution in [2.24, 2.45) is 11.8 Å². The number of rotatable bonds is 6. The summed E-state index contributed by atoms with van der Waals surface area (Å²) < 4.78 is 0. The third-order valence-corrected chi connectivity index (χ3v) is 2.83. The monoisotopic (exact) mass is 218 g/mol. The van der Waals surface area contributed by atoms with Gasteiger partial charge in [0.05, 0.1) is 0 Å². The number of hydrogen-bond donors (Lipinski definition) is 0. The Morgan fingerprint density at radius 2 is 1.75 bits per heavy atom. The number of carbonyl (C=O) groups is 1. The third kappa shape index (κ3) is 4.61. The van der Waals surface area contributed by atoms with Gasteiger partial charge in [0.2, 0.25) is 0 Å². The van der Waals surface area contributed by atoms with Crippen LogP contribution in [0.1, 0.15) is 50.4 Å². The van der Waals surface area contributed by atoms with E-state index in [0.717, 1.165) is 17.9 Å². The van der Waals surface area contributed by atoms with Crippen molar-refractivity contribution in [3.63, 3.8) is 0 Å². The van der Waals surface area contributed by atoms with Crippen LogP contribution in [0, 0.1) is 11.8 Å². The van der Waals surface area contributed by atoms with Gasteiger partial charge in [-0.1, -0.05) is 51.1 Å². The molecule has 1 rings (SSSR count). The van der Waals surface area contributed by atoms with Gasteiger partial charge in [0.15, 0.2) is 5.78 Å². The van der Waals surface area contributed by atoms with E-state index in [1.165, 1.54) is 6.42 Å². The predicted molar refractivity (Wildman–Crippen MR) is 68.6 cm³/mol. The summed E-state index contributed by atoms with van der Waals surface area (Å²) in [5, 5.41) is 0. The largest absolute Gasteiger partial charge is 0.294 e. The molecule has 1 aromatic rings. The Morgan fingerprint density at radius 3 is 2.31 bits per heavy atom. The molecule has 0 saturated heterocycles. The average molecular weight is 218 g/mol. The topological polar surface area (TPSA) is 17.1 Å². The molecule has 1 nitrogen and oxygen atoms in total. The molecule has 16 heavy (non-hydrogen) atoms. The molecule has 1 unspecified atom stereocenters. The van der Waals surface area contributed by atoms with E-state index >= 15 is 0 Å². The standard InChI is InChI=1S/C15H22O/c1-12(2)11-13(3)9-10-15(16)14-7-5-4-6-8-14/h4-8,12-13H,9-11H2,1-3H3. The summed E-state index contributed by atoms with van der Waals surface area (Å²) >= 11 is 0. The Labute approximate surface area is 98.9 Å². The first kappa shape index (κ1) is 13.0. The minimum absolute atomic E-state index is 0.274. The van der Waals surface area contributed by atoms with Gasteiger partial charge in [0, 0.05) is 12.0 Å². The molecule has 0 aliphatic rings. The van der Waals surface area contributed by atoms with Crippen LogP contribution in [0.4, 0.5) is 0 Å². The molecule has 88 valence electrons. The average Bonchev–Trinajstić information content (AvgIpc) is 2.26. The van der Waals surface area contributed by atoms with Gasteiger partial charge in [-0.3, -0.25) is 4.79 Å². The minimum atomic E-state index is 0.274. The van der Waals surface area contributed by atoms with Crippen LogP contribution in [0.3, 0.4) is 0 Å². The highest BCUT2D eigenvalue weighted by molar-refractivity contribution is 5.95. The van der Waals surface area contributed by atoms with E-state index < -0.39 is 0 Å². The van der Waals surface area contributed by atoms with Crippen LogP contribution in [0.5, 0.6) is 0 Å². The lowest BCUT2D eigenvalue weighted by Gasteiger charge is -2.12. The normalized spacial score (nSPS) is 12.8. The Balaban J connectivity index is 2.36. The van der Waals surface area contributed by atoms with Crippen molar-refractivity contribution in [3.05, 3.63) is 35.9 Å². The van der Waals surface area contributed by atoms with Crippen molar-refractivity contribution >= 4 is 5.78 Å². The maximum atomic E-state index is 11.8. The van der Waals surface area contributed by atoms with Crippen LogP contribution < -0.4 is 0 Å². The molecule has 1 atom stereocenters. The van der Waals surface area contributed by atoms with Gasteiger partial charge in [-0.25, -0.2) is 0 Å². The van der Waals surface area contributed by atoms with Crippen LogP contribution in [0.25, 0.3) is 0 Å². The van der Waals surface area contributed by atoms with Crippen molar-refractivity contribution < 1.29 is 4.79 Å². The van der Waals surface area contributed by atoms with E-state index in [-0.39, 0.29) is 5.78 Å². The SMILES string of the molecule is CC(C)CC(C)CCC(=O)c1ccccc1. The van der Waals surface area contributed by atoms with Crippen molar-refractivity contribution in [3.8, 4) is 0 Å². The summed E-state index contributed by atoms with van der Waals surface area (Å²) in [6.07, 6.45) is 2.89. The lowest BCUT2D eigenvalue weighted by Crippen LogP contribution is -2.05.